The lowest BCUT2D eigenvalue weighted by Gasteiger charge is -2.27. The van der Waals surface area contributed by atoms with Crippen molar-refractivity contribution in [1.29, 1.82) is 0 Å². The van der Waals surface area contributed by atoms with Gasteiger partial charge in [0.1, 0.15) is 0 Å². The van der Waals surface area contributed by atoms with Gasteiger partial charge in [-0.05, 0) is 119 Å². The Morgan fingerprint density at radius 2 is 0.756 bits per heavy atom. The molecule has 0 aliphatic rings. The Morgan fingerprint density at radius 1 is 0.422 bits per heavy atom. The van der Waals surface area contributed by atoms with E-state index in [4.69, 9.17) is 0 Å². The highest BCUT2D eigenvalue weighted by Gasteiger charge is 2.18. The lowest BCUT2D eigenvalue weighted by atomic mass is 9.92. The molecule has 0 aromatic heterocycles. The number of nitro groups is 1. The normalized spacial score (nSPS) is 11.1. The molecule has 0 radical (unpaired) electrons. The van der Waals surface area contributed by atoms with Gasteiger partial charge in [0, 0.05) is 46.3 Å². The van der Waals surface area contributed by atoms with Crippen molar-refractivity contribution >= 4 is 61.4 Å². The summed E-state index contributed by atoms with van der Waals surface area (Å²) in [5, 5.41) is 16.1. The number of hydrogen-bond acceptors (Lipinski definition) is 4. The molecule has 0 unspecified atom stereocenters. The van der Waals surface area contributed by atoms with Crippen molar-refractivity contribution in [3.05, 3.63) is 173 Å². The van der Waals surface area contributed by atoms with Gasteiger partial charge in [-0.3, -0.25) is 10.1 Å². The standard InChI is InChI=1S/C40H31N3O2/c1-28-38-25-23-36(42(32-16-10-5-11-17-32)33-18-20-34(21-19-33)43(44)45)27-40(38)29(2)37-24-22-35(26-39(28)37)41(30-12-6-3-7-13-30)31-14-8-4-9-15-31/h3-27H,1-2H3. The predicted molar refractivity (Wildman–Crippen MR) is 187 cm³/mol. The Labute approximate surface area is 262 Å². The largest absolute Gasteiger partial charge is 0.310 e. The molecule has 0 heterocycles. The van der Waals surface area contributed by atoms with Gasteiger partial charge in [-0.1, -0.05) is 66.7 Å². The minimum Gasteiger partial charge on any atom is -0.310 e. The molecule has 7 rings (SSSR count). The van der Waals surface area contributed by atoms with E-state index in [1.54, 1.807) is 24.3 Å². The number of para-hydroxylation sites is 3. The number of fused-ring (bicyclic) bond motifs is 2. The van der Waals surface area contributed by atoms with Crippen LogP contribution < -0.4 is 9.80 Å². The number of nitrogens with zero attached hydrogens (tertiary/aromatic N) is 3. The SMILES string of the molecule is Cc1c2ccc(N(c3ccccc3)c3ccc([N+](=O)[O-])cc3)cc2c(C)c2ccc(N(c3ccccc3)c3ccccc3)cc12. The fourth-order valence-electron chi connectivity index (χ4n) is 6.26. The molecule has 0 saturated carbocycles. The van der Waals surface area contributed by atoms with Crippen LogP contribution in [0.15, 0.2) is 152 Å². The molecule has 0 aliphatic heterocycles. The van der Waals surface area contributed by atoms with Gasteiger partial charge >= 0.3 is 0 Å². The summed E-state index contributed by atoms with van der Waals surface area (Å²) in [5.41, 5.74) is 8.64. The van der Waals surface area contributed by atoms with Crippen molar-refractivity contribution in [2.45, 2.75) is 13.8 Å². The predicted octanol–water partition coefficient (Wildman–Crippen LogP) is 11.5. The molecular weight excluding hydrogens is 554 g/mol. The van der Waals surface area contributed by atoms with Crippen molar-refractivity contribution < 1.29 is 4.92 Å². The van der Waals surface area contributed by atoms with Crippen LogP contribution in [0.4, 0.5) is 39.8 Å². The number of benzene rings is 7. The molecule has 7 aromatic rings. The molecule has 45 heavy (non-hydrogen) atoms. The van der Waals surface area contributed by atoms with Crippen LogP contribution in [0.3, 0.4) is 0 Å². The quantitative estimate of drug-likeness (QED) is 0.106. The topological polar surface area (TPSA) is 49.6 Å². The smallest absolute Gasteiger partial charge is 0.269 e. The summed E-state index contributed by atoms with van der Waals surface area (Å²) in [4.78, 5) is 15.4. The zero-order valence-corrected chi connectivity index (χ0v) is 25.1. The second-order valence-corrected chi connectivity index (χ2v) is 11.2. The highest BCUT2D eigenvalue weighted by atomic mass is 16.6. The number of aryl methyl sites for hydroxylation is 2. The molecule has 218 valence electrons. The number of rotatable bonds is 7. The van der Waals surface area contributed by atoms with Crippen LogP contribution in [0.25, 0.3) is 21.5 Å². The average Bonchev–Trinajstić information content (AvgIpc) is 3.09. The molecule has 0 amide bonds. The molecule has 0 atom stereocenters. The second-order valence-electron chi connectivity index (χ2n) is 11.2. The summed E-state index contributed by atoms with van der Waals surface area (Å²) in [6, 6.07) is 51.1. The molecule has 7 aromatic carbocycles. The van der Waals surface area contributed by atoms with Gasteiger partial charge in [0.15, 0.2) is 0 Å². The third-order valence-corrected chi connectivity index (χ3v) is 8.50. The molecule has 0 N–H and O–H groups in total. The van der Waals surface area contributed by atoms with E-state index >= 15 is 0 Å². The number of nitro benzene ring substituents is 1. The van der Waals surface area contributed by atoms with Crippen molar-refractivity contribution in [1.82, 2.24) is 0 Å². The highest BCUT2D eigenvalue weighted by molar-refractivity contribution is 6.08. The van der Waals surface area contributed by atoms with E-state index in [1.165, 1.54) is 32.7 Å². The van der Waals surface area contributed by atoms with Crippen molar-refractivity contribution in [2.75, 3.05) is 9.80 Å². The van der Waals surface area contributed by atoms with Gasteiger partial charge in [-0.15, -0.1) is 0 Å². The van der Waals surface area contributed by atoms with E-state index in [-0.39, 0.29) is 10.6 Å². The molecule has 0 saturated heterocycles. The number of hydrogen-bond donors (Lipinski definition) is 0. The Kier molecular flexibility index (Phi) is 7.20. The lowest BCUT2D eigenvalue weighted by molar-refractivity contribution is -0.384. The van der Waals surface area contributed by atoms with Crippen molar-refractivity contribution in [3.63, 3.8) is 0 Å². The molecule has 0 spiro atoms. The first-order chi connectivity index (χ1) is 22.0. The van der Waals surface area contributed by atoms with Gasteiger partial charge < -0.3 is 9.80 Å². The maximum absolute atomic E-state index is 11.3. The Balaban J connectivity index is 1.38. The maximum Gasteiger partial charge on any atom is 0.269 e. The van der Waals surface area contributed by atoms with E-state index in [0.717, 1.165) is 34.1 Å². The first-order valence-electron chi connectivity index (χ1n) is 15.0. The van der Waals surface area contributed by atoms with Crippen LogP contribution >= 0.6 is 0 Å². The second kappa shape index (κ2) is 11.6. The summed E-state index contributed by atoms with van der Waals surface area (Å²) in [5.74, 6) is 0. The summed E-state index contributed by atoms with van der Waals surface area (Å²) < 4.78 is 0. The van der Waals surface area contributed by atoms with E-state index in [9.17, 15) is 10.1 Å². The number of anilines is 6. The first-order valence-corrected chi connectivity index (χ1v) is 15.0. The van der Waals surface area contributed by atoms with E-state index in [2.05, 4.69) is 121 Å². The van der Waals surface area contributed by atoms with Crippen LogP contribution in [-0.2, 0) is 0 Å². The maximum atomic E-state index is 11.3. The zero-order chi connectivity index (χ0) is 30.9. The van der Waals surface area contributed by atoms with Gasteiger partial charge in [0.25, 0.3) is 5.69 Å². The number of non-ortho nitro benzene ring substituents is 1. The molecular formula is C40H31N3O2. The lowest BCUT2D eigenvalue weighted by Crippen LogP contribution is -2.10. The van der Waals surface area contributed by atoms with Crippen LogP contribution in [0.2, 0.25) is 0 Å². The third kappa shape index (κ3) is 5.15. The van der Waals surface area contributed by atoms with Crippen LogP contribution in [0, 0.1) is 24.0 Å². The van der Waals surface area contributed by atoms with Gasteiger partial charge in [0.05, 0.1) is 4.92 Å². The van der Waals surface area contributed by atoms with Crippen LogP contribution in [0.1, 0.15) is 11.1 Å². The molecule has 5 heteroatoms. The Bertz CT molecular complexity index is 2110. The van der Waals surface area contributed by atoms with Crippen molar-refractivity contribution in [3.8, 4) is 0 Å². The van der Waals surface area contributed by atoms with Crippen LogP contribution in [0.5, 0.6) is 0 Å². The minimum absolute atomic E-state index is 0.0701. The monoisotopic (exact) mass is 585 g/mol. The minimum atomic E-state index is -0.367. The summed E-state index contributed by atoms with van der Waals surface area (Å²) in [7, 11) is 0. The first kappa shape index (κ1) is 27.9. The third-order valence-electron chi connectivity index (χ3n) is 8.50. The average molecular weight is 586 g/mol. The fraction of sp³-hybridized carbons (Fsp3) is 0.0500. The van der Waals surface area contributed by atoms with E-state index < -0.39 is 0 Å². The molecule has 5 nitrogen and oxygen atoms in total. The van der Waals surface area contributed by atoms with Gasteiger partial charge in [0.2, 0.25) is 0 Å². The van der Waals surface area contributed by atoms with Crippen LogP contribution in [-0.4, -0.2) is 4.92 Å². The summed E-state index contributed by atoms with van der Waals surface area (Å²) in [6.07, 6.45) is 0. The Morgan fingerprint density at radius 3 is 1.11 bits per heavy atom. The summed E-state index contributed by atoms with van der Waals surface area (Å²) >= 11 is 0. The molecule has 0 aliphatic carbocycles. The molecule has 0 bridgehead atoms. The van der Waals surface area contributed by atoms with Gasteiger partial charge in [-0.25, -0.2) is 0 Å². The fourth-order valence-corrected chi connectivity index (χ4v) is 6.26. The molecule has 0 fully saturated rings. The van der Waals surface area contributed by atoms with Gasteiger partial charge in [-0.2, -0.15) is 0 Å². The highest BCUT2D eigenvalue weighted by Crippen LogP contribution is 2.42. The zero-order valence-electron chi connectivity index (χ0n) is 25.1. The van der Waals surface area contributed by atoms with E-state index in [0.29, 0.717) is 0 Å². The van der Waals surface area contributed by atoms with E-state index in [1.807, 2.05) is 30.3 Å². The van der Waals surface area contributed by atoms with Crippen molar-refractivity contribution in [2.24, 2.45) is 0 Å². The Hall–Kier alpha value is -5.94. The summed E-state index contributed by atoms with van der Waals surface area (Å²) in [6.45, 7) is 4.40.